The van der Waals surface area contributed by atoms with Crippen LogP contribution >= 0.6 is 0 Å². The van der Waals surface area contributed by atoms with E-state index in [9.17, 15) is 14.0 Å². The van der Waals surface area contributed by atoms with Crippen LogP contribution in [0, 0.1) is 18.2 Å². The molecule has 1 atom stereocenters. The van der Waals surface area contributed by atoms with Crippen LogP contribution in [-0.2, 0) is 4.79 Å². The molecule has 0 saturated carbocycles. The average molecular weight is 267 g/mol. The van der Waals surface area contributed by atoms with Crippen molar-refractivity contribution in [3.05, 3.63) is 35.1 Å². The highest BCUT2D eigenvalue weighted by Crippen LogP contribution is 2.20. The molecule has 1 unspecified atom stereocenters. The number of amides is 1. The maximum absolute atomic E-state index is 12.9. The first kappa shape index (κ1) is 15.1. The van der Waals surface area contributed by atoms with Crippen molar-refractivity contribution in [2.24, 2.45) is 5.41 Å². The first-order chi connectivity index (χ1) is 8.80. The van der Waals surface area contributed by atoms with Crippen LogP contribution in [0.1, 0.15) is 36.2 Å². The van der Waals surface area contributed by atoms with E-state index in [1.165, 1.54) is 18.2 Å². The molecule has 19 heavy (non-hydrogen) atoms. The molecule has 1 aromatic carbocycles. The SMILES string of the molecule is CCC(C)(CNC(=O)c1ccc(F)cc1C)C(=O)O. The maximum Gasteiger partial charge on any atom is 0.311 e. The van der Waals surface area contributed by atoms with E-state index in [1.54, 1.807) is 20.8 Å². The number of carboxylic acid groups (broad SMARTS) is 1. The molecular weight excluding hydrogens is 249 g/mol. The van der Waals surface area contributed by atoms with Gasteiger partial charge in [-0.1, -0.05) is 6.92 Å². The summed E-state index contributed by atoms with van der Waals surface area (Å²) in [7, 11) is 0. The zero-order chi connectivity index (χ0) is 14.6. The van der Waals surface area contributed by atoms with E-state index in [1.807, 2.05) is 0 Å². The summed E-state index contributed by atoms with van der Waals surface area (Å²) in [6.07, 6.45) is 0.408. The molecule has 0 aromatic heterocycles. The van der Waals surface area contributed by atoms with E-state index < -0.39 is 23.1 Å². The Morgan fingerprint density at radius 3 is 2.53 bits per heavy atom. The lowest BCUT2D eigenvalue weighted by Gasteiger charge is -2.23. The number of hydrogen-bond acceptors (Lipinski definition) is 2. The molecule has 1 aromatic rings. The Labute approximate surface area is 111 Å². The minimum absolute atomic E-state index is 0.0362. The fourth-order valence-corrected chi connectivity index (χ4v) is 1.60. The van der Waals surface area contributed by atoms with Gasteiger partial charge in [0, 0.05) is 12.1 Å². The van der Waals surface area contributed by atoms with Gasteiger partial charge in [-0.05, 0) is 44.0 Å². The lowest BCUT2D eigenvalue weighted by molar-refractivity contribution is -0.147. The highest BCUT2D eigenvalue weighted by Gasteiger charge is 2.31. The highest BCUT2D eigenvalue weighted by atomic mass is 19.1. The van der Waals surface area contributed by atoms with Crippen LogP contribution in [0.4, 0.5) is 4.39 Å². The molecule has 0 saturated heterocycles. The van der Waals surface area contributed by atoms with Crippen LogP contribution < -0.4 is 5.32 Å². The van der Waals surface area contributed by atoms with E-state index >= 15 is 0 Å². The number of hydrogen-bond donors (Lipinski definition) is 2. The normalized spacial score (nSPS) is 13.7. The zero-order valence-electron chi connectivity index (χ0n) is 11.3. The van der Waals surface area contributed by atoms with Gasteiger partial charge < -0.3 is 10.4 Å². The van der Waals surface area contributed by atoms with Gasteiger partial charge in [-0.2, -0.15) is 0 Å². The van der Waals surface area contributed by atoms with Gasteiger partial charge in [0.25, 0.3) is 5.91 Å². The van der Waals surface area contributed by atoms with Crippen LogP contribution in [0.15, 0.2) is 18.2 Å². The Morgan fingerprint density at radius 2 is 2.05 bits per heavy atom. The van der Waals surface area contributed by atoms with Gasteiger partial charge in [0.2, 0.25) is 0 Å². The number of nitrogens with one attached hydrogen (secondary N) is 1. The Hall–Kier alpha value is -1.91. The molecule has 4 nitrogen and oxygen atoms in total. The Kier molecular flexibility index (Phi) is 4.64. The number of aliphatic carboxylic acids is 1. The fourth-order valence-electron chi connectivity index (χ4n) is 1.60. The lowest BCUT2D eigenvalue weighted by Crippen LogP contribution is -2.40. The molecule has 1 amide bonds. The predicted octanol–water partition coefficient (Wildman–Crippen LogP) is 2.36. The number of aryl methyl sites for hydroxylation is 1. The highest BCUT2D eigenvalue weighted by molar-refractivity contribution is 5.95. The molecule has 1 rings (SSSR count). The molecule has 0 heterocycles. The largest absolute Gasteiger partial charge is 0.481 e. The van der Waals surface area contributed by atoms with Crippen molar-refractivity contribution in [3.8, 4) is 0 Å². The Bertz CT molecular complexity index is 501. The molecule has 0 aliphatic carbocycles. The van der Waals surface area contributed by atoms with E-state index in [0.29, 0.717) is 17.5 Å². The second kappa shape index (κ2) is 5.82. The molecule has 104 valence electrons. The van der Waals surface area contributed by atoms with Gasteiger partial charge in [0.1, 0.15) is 5.82 Å². The summed E-state index contributed by atoms with van der Waals surface area (Å²) in [5, 5.41) is 11.7. The second-order valence-corrected chi connectivity index (χ2v) is 4.86. The molecular formula is C14H18FNO3. The van der Waals surface area contributed by atoms with Crippen LogP contribution in [0.5, 0.6) is 0 Å². The van der Waals surface area contributed by atoms with Gasteiger partial charge in [-0.15, -0.1) is 0 Å². The van der Waals surface area contributed by atoms with Gasteiger partial charge >= 0.3 is 5.97 Å². The molecule has 0 radical (unpaired) electrons. The third-order valence-electron chi connectivity index (χ3n) is 3.37. The minimum Gasteiger partial charge on any atom is -0.481 e. The molecule has 0 fully saturated rings. The number of carbonyl (C=O) groups is 2. The zero-order valence-corrected chi connectivity index (χ0v) is 11.3. The van der Waals surface area contributed by atoms with Gasteiger partial charge in [-0.25, -0.2) is 4.39 Å². The molecule has 0 bridgehead atoms. The summed E-state index contributed by atoms with van der Waals surface area (Å²) in [4.78, 5) is 23.0. The maximum atomic E-state index is 12.9. The molecule has 0 aliphatic rings. The van der Waals surface area contributed by atoms with Crippen molar-refractivity contribution >= 4 is 11.9 Å². The number of carbonyl (C=O) groups excluding carboxylic acids is 1. The predicted molar refractivity (Wildman–Crippen MR) is 69.5 cm³/mol. The van der Waals surface area contributed by atoms with Gasteiger partial charge in [0.15, 0.2) is 0 Å². The van der Waals surface area contributed by atoms with E-state index in [2.05, 4.69) is 5.32 Å². The van der Waals surface area contributed by atoms with Gasteiger partial charge in [-0.3, -0.25) is 9.59 Å². The van der Waals surface area contributed by atoms with Crippen LogP contribution in [0.2, 0.25) is 0 Å². The summed E-state index contributed by atoms with van der Waals surface area (Å²) >= 11 is 0. The Morgan fingerprint density at radius 1 is 1.42 bits per heavy atom. The van der Waals surface area contributed by atoms with E-state index in [4.69, 9.17) is 5.11 Å². The standard InChI is InChI=1S/C14H18FNO3/c1-4-14(3,13(18)19)8-16-12(17)11-6-5-10(15)7-9(11)2/h5-7H,4,8H2,1-3H3,(H,16,17)(H,18,19). The number of rotatable bonds is 5. The van der Waals surface area contributed by atoms with Crippen LogP contribution in [0.3, 0.4) is 0 Å². The average Bonchev–Trinajstić information content (AvgIpc) is 2.35. The lowest BCUT2D eigenvalue weighted by atomic mass is 9.87. The number of halogens is 1. The van der Waals surface area contributed by atoms with Crippen molar-refractivity contribution in [2.45, 2.75) is 27.2 Å². The molecule has 5 heteroatoms. The van der Waals surface area contributed by atoms with Crippen molar-refractivity contribution in [1.82, 2.24) is 5.32 Å². The number of carboxylic acids is 1. The number of benzene rings is 1. The van der Waals surface area contributed by atoms with Crippen molar-refractivity contribution in [2.75, 3.05) is 6.54 Å². The van der Waals surface area contributed by atoms with Crippen molar-refractivity contribution in [3.63, 3.8) is 0 Å². The van der Waals surface area contributed by atoms with E-state index in [0.717, 1.165) is 0 Å². The van der Waals surface area contributed by atoms with Crippen molar-refractivity contribution in [1.29, 1.82) is 0 Å². The summed E-state index contributed by atoms with van der Waals surface area (Å²) < 4.78 is 12.9. The molecule has 2 N–H and O–H groups in total. The topological polar surface area (TPSA) is 66.4 Å². The first-order valence-electron chi connectivity index (χ1n) is 6.08. The molecule has 0 spiro atoms. The summed E-state index contributed by atoms with van der Waals surface area (Å²) in [5.41, 5.74) is -0.125. The molecule has 0 aliphatic heterocycles. The first-order valence-corrected chi connectivity index (χ1v) is 6.08. The summed E-state index contributed by atoms with van der Waals surface area (Å²) in [6, 6.07) is 3.87. The van der Waals surface area contributed by atoms with E-state index in [-0.39, 0.29) is 6.54 Å². The van der Waals surface area contributed by atoms with Crippen LogP contribution in [-0.4, -0.2) is 23.5 Å². The second-order valence-electron chi connectivity index (χ2n) is 4.86. The Balaban J connectivity index is 2.78. The quantitative estimate of drug-likeness (QED) is 0.860. The van der Waals surface area contributed by atoms with Gasteiger partial charge in [0.05, 0.1) is 5.41 Å². The third kappa shape index (κ3) is 3.53. The fraction of sp³-hybridized carbons (Fsp3) is 0.429. The monoisotopic (exact) mass is 267 g/mol. The minimum atomic E-state index is -0.996. The smallest absolute Gasteiger partial charge is 0.311 e. The van der Waals surface area contributed by atoms with Crippen LogP contribution in [0.25, 0.3) is 0 Å². The summed E-state index contributed by atoms with van der Waals surface area (Å²) in [6.45, 7) is 5.00. The third-order valence-corrected chi connectivity index (χ3v) is 3.37. The van der Waals surface area contributed by atoms with Crippen molar-refractivity contribution < 1.29 is 19.1 Å². The summed E-state index contributed by atoms with van der Waals surface area (Å²) in [5.74, 6) is -1.75.